The molecule has 4 aromatic carbocycles. The highest BCUT2D eigenvalue weighted by Gasteiger charge is 2.31. The number of halogens is 1. The van der Waals surface area contributed by atoms with Gasteiger partial charge in [0, 0.05) is 25.5 Å². The molecule has 1 N–H and O–H groups in total. The number of benzene rings is 4. The lowest BCUT2D eigenvalue weighted by Crippen LogP contribution is -2.37. The Labute approximate surface area is 206 Å². The molecule has 4 aromatic rings. The second-order valence-corrected chi connectivity index (χ2v) is 8.99. The van der Waals surface area contributed by atoms with Gasteiger partial charge in [-0.2, -0.15) is 0 Å². The fraction of sp³-hybridized carbons (Fsp3) is 0.233. The maximum Gasteiger partial charge on any atom is 0.337 e. The Hall–Kier alpha value is -3.70. The number of fused-ring (bicyclic) bond motifs is 2. The summed E-state index contributed by atoms with van der Waals surface area (Å²) in [6.45, 7) is 2.75. The smallest absolute Gasteiger partial charge is 0.337 e. The molecule has 4 nitrogen and oxygen atoms in total. The van der Waals surface area contributed by atoms with Crippen molar-refractivity contribution in [1.82, 2.24) is 5.32 Å². The summed E-state index contributed by atoms with van der Waals surface area (Å²) in [5, 5.41) is 6.06. The van der Waals surface area contributed by atoms with E-state index in [9.17, 15) is 4.79 Å². The summed E-state index contributed by atoms with van der Waals surface area (Å²) >= 11 is 0. The molecule has 1 aliphatic heterocycles. The summed E-state index contributed by atoms with van der Waals surface area (Å²) in [4.78, 5) is 12.1. The first-order valence-corrected chi connectivity index (χ1v) is 11.9. The van der Waals surface area contributed by atoms with Crippen LogP contribution in [-0.2, 0) is 4.74 Å². The number of carbonyl (C=O) groups excluding carboxylic acids is 1. The molecular weight excluding hydrogens is 441 g/mol. The quantitative estimate of drug-likeness (QED) is 0.320. The number of hydrogen-bond donors (Lipinski definition) is 1. The average Bonchev–Trinajstić information content (AvgIpc) is 2.90. The number of hydrogen-bond acceptors (Lipinski definition) is 4. The number of ether oxygens (including phenoxy) is 2. The van der Waals surface area contributed by atoms with Crippen LogP contribution in [0.5, 0.6) is 5.75 Å². The zero-order valence-corrected chi connectivity index (χ0v) is 19.8. The maximum absolute atomic E-state index is 15.0. The molecule has 0 bridgehead atoms. The van der Waals surface area contributed by atoms with Crippen molar-refractivity contribution in [2.24, 2.45) is 0 Å². The predicted octanol–water partition coefficient (Wildman–Crippen LogP) is 6.65. The lowest BCUT2D eigenvalue weighted by molar-refractivity contribution is 0.0600. The van der Waals surface area contributed by atoms with Crippen LogP contribution in [-0.4, -0.2) is 25.7 Å². The van der Waals surface area contributed by atoms with Crippen molar-refractivity contribution in [2.45, 2.75) is 31.4 Å². The Kier molecular flexibility index (Phi) is 6.51. The Morgan fingerprint density at radius 2 is 1.83 bits per heavy atom. The van der Waals surface area contributed by atoms with Crippen LogP contribution in [0, 0.1) is 5.82 Å². The molecule has 1 aliphatic rings. The van der Waals surface area contributed by atoms with Crippen molar-refractivity contribution in [2.75, 3.05) is 13.7 Å². The van der Waals surface area contributed by atoms with Crippen molar-refractivity contribution in [3.8, 4) is 5.75 Å². The van der Waals surface area contributed by atoms with Gasteiger partial charge in [0.05, 0.1) is 12.7 Å². The molecule has 0 amide bonds. The van der Waals surface area contributed by atoms with Crippen LogP contribution in [0.4, 0.5) is 4.39 Å². The van der Waals surface area contributed by atoms with E-state index in [1.807, 2.05) is 30.3 Å². The first kappa shape index (κ1) is 23.1. The zero-order valence-electron chi connectivity index (χ0n) is 19.8. The van der Waals surface area contributed by atoms with E-state index < -0.39 is 5.97 Å². The molecule has 180 valence electrons. The Morgan fingerprint density at radius 1 is 1.06 bits per heavy atom. The van der Waals surface area contributed by atoms with Crippen LogP contribution in [0.15, 0.2) is 84.9 Å². The van der Waals surface area contributed by atoms with Crippen molar-refractivity contribution in [1.29, 1.82) is 0 Å². The molecular formula is C30H30FNO3. The molecule has 0 saturated heterocycles. The topological polar surface area (TPSA) is 47.6 Å². The Balaban J connectivity index is 0.00000304. The highest BCUT2D eigenvalue weighted by molar-refractivity contribution is 5.89. The first-order valence-electron chi connectivity index (χ1n) is 11.9. The van der Waals surface area contributed by atoms with E-state index in [2.05, 4.69) is 48.6 Å². The monoisotopic (exact) mass is 471 g/mol. The van der Waals surface area contributed by atoms with Crippen molar-refractivity contribution < 1.29 is 20.1 Å². The zero-order chi connectivity index (χ0) is 24.4. The van der Waals surface area contributed by atoms with Gasteiger partial charge in [0.15, 0.2) is 0 Å². The summed E-state index contributed by atoms with van der Waals surface area (Å²) in [6, 6.07) is 27.0. The lowest BCUT2D eigenvalue weighted by Gasteiger charge is -2.33. The Bertz CT molecular complexity index is 1370. The van der Waals surface area contributed by atoms with Gasteiger partial charge < -0.3 is 14.8 Å². The van der Waals surface area contributed by atoms with Crippen LogP contribution >= 0.6 is 0 Å². The number of para-hydroxylation sites is 1. The van der Waals surface area contributed by atoms with Gasteiger partial charge in [0.2, 0.25) is 0 Å². The molecule has 5 heteroatoms. The Morgan fingerprint density at radius 3 is 2.69 bits per heavy atom. The largest absolute Gasteiger partial charge is 0.489 e. The van der Waals surface area contributed by atoms with Gasteiger partial charge in [-0.25, -0.2) is 9.18 Å². The molecule has 0 aliphatic carbocycles. The van der Waals surface area contributed by atoms with Gasteiger partial charge in [-0.3, -0.25) is 0 Å². The van der Waals surface area contributed by atoms with E-state index in [-0.39, 0.29) is 25.3 Å². The summed E-state index contributed by atoms with van der Waals surface area (Å²) < 4.78 is 26.2. The summed E-state index contributed by atoms with van der Waals surface area (Å²) in [5.74, 6) is -0.302. The third-order valence-corrected chi connectivity index (χ3v) is 6.82. The molecule has 0 fully saturated rings. The minimum absolute atomic E-state index is 0. The number of methoxy groups -OCH3 is 1. The van der Waals surface area contributed by atoms with Gasteiger partial charge >= 0.3 is 5.97 Å². The van der Waals surface area contributed by atoms with Crippen LogP contribution in [0.3, 0.4) is 0 Å². The van der Waals surface area contributed by atoms with Gasteiger partial charge in [0.1, 0.15) is 17.7 Å². The van der Waals surface area contributed by atoms with Gasteiger partial charge in [0.25, 0.3) is 0 Å². The van der Waals surface area contributed by atoms with Crippen molar-refractivity contribution >= 4 is 16.7 Å². The van der Waals surface area contributed by atoms with E-state index in [1.165, 1.54) is 35.6 Å². The predicted molar refractivity (Wildman–Crippen MR) is 138 cm³/mol. The number of rotatable bonds is 6. The number of esters is 1. The van der Waals surface area contributed by atoms with Crippen LogP contribution in [0.25, 0.3) is 10.8 Å². The number of nitrogens with one attached hydrogen (secondary N) is 1. The average molecular weight is 472 g/mol. The van der Waals surface area contributed by atoms with Crippen LogP contribution in [0.2, 0.25) is 0 Å². The van der Waals surface area contributed by atoms with E-state index in [4.69, 9.17) is 9.47 Å². The molecule has 3 atom stereocenters. The van der Waals surface area contributed by atoms with Crippen LogP contribution < -0.4 is 10.1 Å². The second kappa shape index (κ2) is 9.88. The standard InChI is InChI=1S/C30H28FNO3.H2/c1-19(23-12-7-9-20-8-3-4-10-24(20)23)32-18-22-17-26(25-11-5-6-13-29(25)35-22)27-16-21(30(33)34-2)14-15-28(27)31;/h3-16,19,22,26,32H,17-18H2,1-2H3;1H/t19-,22-,26-;/m1./s1. The molecule has 1 heterocycles. The van der Waals surface area contributed by atoms with E-state index in [1.54, 1.807) is 6.07 Å². The first-order chi connectivity index (χ1) is 17.0. The fourth-order valence-electron chi connectivity index (χ4n) is 5.01. The molecule has 0 unspecified atom stereocenters. The molecule has 5 rings (SSSR count). The van der Waals surface area contributed by atoms with E-state index in [0.29, 0.717) is 24.1 Å². The highest BCUT2D eigenvalue weighted by atomic mass is 19.1. The van der Waals surface area contributed by atoms with Crippen molar-refractivity contribution in [3.05, 3.63) is 113 Å². The number of carbonyl (C=O) groups is 1. The lowest BCUT2D eigenvalue weighted by atomic mass is 9.83. The third-order valence-electron chi connectivity index (χ3n) is 6.82. The van der Waals surface area contributed by atoms with E-state index in [0.717, 1.165) is 11.3 Å². The second-order valence-electron chi connectivity index (χ2n) is 8.99. The fourth-order valence-corrected chi connectivity index (χ4v) is 5.01. The van der Waals surface area contributed by atoms with Crippen LogP contribution in [0.1, 0.15) is 53.8 Å². The minimum atomic E-state index is -0.478. The maximum atomic E-state index is 15.0. The van der Waals surface area contributed by atoms with Gasteiger partial charge in [-0.1, -0.05) is 60.7 Å². The van der Waals surface area contributed by atoms with Crippen molar-refractivity contribution in [3.63, 3.8) is 0 Å². The SMILES string of the molecule is COC(=O)c1ccc(F)c([C@@H]2C[C@H](CN[C@H](C)c3cccc4ccccc34)Oc3ccccc32)c1.[HH]. The van der Waals surface area contributed by atoms with Gasteiger partial charge in [-0.05, 0) is 59.5 Å². The minimum Gasteiger partial charge on any atom is -0.489 e. The molecule has 0 spiro atoms. The van der Waals surface area contributed by atoms with Gasteiger partial charge in [-0.15, -0.1) is 0 Å². The molecule has 0 saturated carbocycles. The van der Waals surface area contributed by atoms with E-state index >= 15 is 4.39 Å². The molecule has 0 radical (unpaired) electrons. The summed E-state index contributed by atoms with van der Waals surface area (Å²) in [7, 11) is 1.33. The summed E-state index contributed by atoms with van der Waals surface area (Å²) in [5.41, 5.74) is 2.97. The normalized spacial score (nSPS) is 17.9. The highest BCUT2D eigenvalue weighted by Crippen LogP contribution is 2.41. The molecule has 0 aromatic heterocycles. The summed E-state index contributed by atoms with van der Waals surface area (Å²) in [6.07, 6.45) is 0.432. The molecule has 35 heavy (non-hydrogen) atoms. The third kappa shape index (κ3) is 4.64.